The van der Waals surface area contributed by atoms with E-state index in [0.29, 0.717) is 39.8 Å². The Labute approximate surface area is 508 Å². The predicted octanol–water partition coefficient (Wildman–Crippen LogP) is 2.55. The van der Waals surface area contributed by atoms with Crippen LogP contribution >= 0.6 is 11.8 Å². The van der Waals surface area contributed by atoms with E-state index < -0.39 is 117 Å². The van der Waals surface area contributed by atoms with Gasteiger partial charge in [0.15, 0.2) is 5.96 Å². The van der Waals surface area contributed by atoms with Crippen molar-refractivity contribution in [1.82, 2.24) is 36.9 Å². The number of aliphatic imine (C=N–C) groups is 1. The number of aromatic nitrogens is 1. The zero-order valence-corrected chi connectivity index (χ0v) is 48.5. The molecule has 1 aliphatic rings. The number of halogens is 3. The number of carbonyl (C=O) groups is 8. The lowest BCUT2D eigenvalue weighted by Gasteiger charge is -2.28. The zero-order chi connectivity index (χ0) is 65.7. The number of fused-ring (bicyclic) bond motifs is 1. The van der Waals surface area contributed by atoms with Gasteiger partial charge >= 0.3 is 18.1 Å². The van der Waals surface area contributed by atoms with Crippen LogP contribution in [0.3, 0.4) is 0 Å². The van der Waals surface area contributed by atoms with Crippen molar-refractivity contribution < 1.29 is 81.8 Å². The summed E-state index contributed by atoms with van der Waals surface area (Å²) in [6, 6.07) is 12.3. The van der Waals surface area contributed by atoms with Gasteiger partial charge in [0.2, 0.25) is 35.4 Å². The number of nitro groups is 2. The Kier molecular flexibility index (Phi) is 25.4. The molecule has 0 aliphatic carbocycles. The van der Waals surface area contributed by atoms with Gasteiger partial charge in [0.05, 0.1) is 15.9 Å². The number of carboxylic acids is 2. The number of amides is 6. The first-order valence-electron chi connectivity index (χ1n) is 27.3. The van der Waals surface area contributed by atoms with Gasteiger partial charge in [-0.3, -0.25) is 54.0 Å². The van der Waals surface area contributed by atoms with Crippen LogP contribution in [-0.4, -0.2) is 162 Å². The number of benzene rings is 4. The molecule has 4 aromatic carbocycles. The summed E-state index contributed by atoms with van der Waals surface area (Å²) < 4.78 is 31.7. The molecular weight excluding hydrogens is 1200 g/mol. The number of nitrogens with two attached hydrogens (primary N) is 2. The summed E-state index contributed by atoms with van der Waals surface area (Å²) in [6.07, 6.45) is -1.41. The fourth-order valence-electron chi connectivity index (χ4n) is 9.25. The van der Waals surface area contributed by atoms with Crippen LogP contribution in [0.2, 0.25) is 0 Å². The van der Waals surface area contributed by atoms with E-state index in [9.17, 15) is 82.3 Å². The number of H-pyrrole nitrogens is 1. The van der Waals surface area contributed by atoms with Crippen molar-refractivity contribution >= 4 is 93.1 Å². The van der Waals surface area contributed by atoms with Gasteiger partial charge in [-0.2, -0.15) is 24.9 Å². The number of carboxylic acid groups (broad SMARTS) is 2. The van der Waals surface area contributed by atoms with Gasteiger partial charge in [0.1, 0.15) is 59.5 Å². The molecule has 7 atom stereocenters. The molecule has 0 bridgehead atoms. The van der Waals surface area contributed by atoms with Crippen LogP contribution in [0.5, 0.6) is 11.5 Å². The lowest BCUT2D eigenvalue weighted by Crippen LogP contribution is -2.60. The average Bonchev–Trinajstić information content (AvgIpc) is 2.67. The number of aromatic amines is 1. The number of thioether (sulfide) groups is 1. The lowest BCUT2D eigenvalue weighted by molar-refractivity contribution is -0.393. The summed E-state index contributed by atoms with van der Waals surface area (Å²) in [7, 11) is 0. The highest BCUT2D eigenvalue weighted by Gasteiger charge is 2.40. The molecule has 6 rings (SSSR count). The number of para-hydroxylation sites is 1. The van der Waals surface area contributed by atoms with E-state index in [-0.39, 0.29) is 81.2 Å². The topological polar surface area (TPSA) is 459 Å². The summed E-state index contributed by atoms with van der Waals surface area (Å²) in [5.41, 5.74) is 11.8. The van der Waals surface area contributed by atoms with E-state index in [1.54, 1.807) is 36.7 Å². The number of carbonyl (C=O) groups excluding carboxylic acids is 6. The number of hydrogen-bond donors (Lipinski definition) is 13. The van der Waals surface area contributed by atoms with Crippen molar-refractivity contribution in [2.45, 2.75) is 107 Å². The van der Waals surface area contributed by atoms with Crippen molar-refractivity contribution in [3.05, 3.63) is 134 Å². The van der Waals surface area contributed by atoms with Crippen LogP contribution in [0.4, 0.5) is 30.2 Å². The van der Waals surface area contributed by atoms with Crippen LogP contribution in [0.25, 0.3) is 10.9 Å². The minimum Gasteiger partial charge on any atom is -0.508 e. The normalized spacial score (nSPS) is 14.8. The number of alkyl halides is 3. The molecule has 33 heteroatoms. The van der Waals surface area contributed by atoms with Crippen LogP contribution in [-0.2, 0) is 57.6 Å². The molecule has 1 fully saturated rings. The third-order valence-corrected chi connectivity index (χ3v) is 14.4. The summed E-state index contributed by atoms with van der Waals surface area (Å²) >= 11 is 1.37. The van der Waals surface area contributed by atoms with Crippen molar-refractivity contribution in [1.29, 1.82) is 0 Å². The number of anilines is 1. The molecule has 29 nitrogen and oxygen atoms in total. The van der Waals surface area contributed by atoms with Crippen LogP contribution in [0.1, 0.15) is 55.7 Å². The molecule has 15 N–H and O–H groups in total. The van der Waals surface area contributed by atoms with Crippen LogP contribution < -0.4 is 48.3 Å². The predicted molar refractivity (Wildman–Crippen MR) is 317 cm³/mol. The third kappa shape index (κ3) is 21.0. The maximum Gasteiger partial charge on any atom is 0.490 e. The number of phenols is 2. The first-order chi connectivity index (χ1) is 42.1. The van der Waals surface area contributed by atoms with E-state index in [0.717, 1.165) is 12.1 Å². The number of aromatic hydroxyl groups is 2. The number of nitrogens with zero attached hydrogens (tertiary/aromatic N) is 4. The zero-order valence-electron chi connectivity index (χ0n) is 47.7. The lowest BCUT2D eigenvalue weighted by atomic mass is 10.0. The van der Waals surface area contributed by atoms with Gasteiger partial charge in [0.25, 0.3) is 11.4 Å². The SMILES string of the molecule is CSCC[C@H](NC(=O)[C@H](Cc1c[nH]c2ccccc12)NC(=O)[C@H](Cc1ccc(O)cc1)NC(=O)[C@H](C)NC(=O)[C@H](Cc1ccc(O)cc1)NC(=O)[C@@H]1CCCN1c1ccc([N+](=O)[O-])cc1[N+](=O)[O-])C(=O)N[C@@H](CCCN=C(N)N)C(=O)O.O=C(O)C(F)(F)F. The van der Waals surface area contributed by atoms with E-state index in [1.165, 1.54) is 78.2 Å². The van der Waals surface area contributed by atoms with Crippen molar-refractivity contribution in [3.8, 4) is 11.5 Å². The minimum absolute atomic E-state index is 0.0449. The van der Waals surface area contributed by atoms with E-state index in [2.05, 4.69) is 41.9 Å². The first-order valence-corrected chi connectivity index (χ1v) is 28.7. The number of guanidine groups is 1. The smallest absolute Gasteiger partial charge is 0.490 e. The molecule has 1 saturated heterocycles. The molecule has 6 amide bonds. The van der Waals surface area contributed by atoms with E-state index in [1.807, 2.05) is 0 Å². The van der Waals surface area contributed by atoms with Gasteiger partial charge in [-0.15, -0.1) is 0 Å². The number of nitrogens with one attached hydrogen (secondary N) is 7. The third-order valence-electron chi connectivity index (χ3n) is 13.8. The Balaban J connectivity index is 0.00000194. The van der Waals surface area contributed by atoms with E-state index in [4.69, 9.17) is 21.4 Å². The highest BCUT2D eigenvalue weighted by atomic mass is 32.2. The Bertz CT molecular complexity index is 3390. The summed E-state index contributed by atoms with van der Waals surface area (Å²) in [5, 5.41) is 77.4. The van der Waals surface area contributed by atoms with Gasteiger partial charge < -0.3 is 73.7 Å². The second kappa shape index (κ2) is 32.5. The molecule has 478 valence electrons. The van der Waals surface area contributed by atoms with Gasteiger partial charge in [-0.05, 0) is 104 Å². The van der Waals surface area contributed by atoms with Crippen LogP contribution in [0, 0.1) is 20.2 Å². The van der Waals surface area contributed by atoms with Gasteiger partial charge in [-0.1, -0.05) is 42.5 Å². The largest absolute Gasteiger partial charge is 0.508 e. The number of nitro benzene ring substituents is 2. The van der Waals surface area contributed by atoms with Crippen molar-refractivity contribution in [3.63, 3.8) is 0 Å². The quantitative estimate of drug-likeness (QED) is 0.0108. The Hall–Kier alpha value is -10.2. The fraction of sp³-hybridized carbons (Fsp3) is 0.375. The molecular formula is C56H66F3N13O16S. The van der Waals surface area contributed by atoms with Crippen LogP contribution in [0.15, 0.2) is 102 Å². The molecule has 0 spiro atoms. The van der Waals surface area contributed by atoms with Gasteiger partial charge in [-0.25, -0.2) is 9.59 Å². The summed E-state index contributed by atoms with van der Waals surface area (Å²) in [6.45, 7) is 1.58. The molecule has 5 aromatic rings. The average molecular weight is 1270 g/mol. The first kappa shape index (κ1) is 69.6. The number of rotatable bonds is 29. The standard InChI is InChI=1S/C54H65N13O14S.C2HF3O2/c1-30(59-49(72)41(25-31-11-16-35(68)17-12-31)64-52(75)45-10-6-23-65(45)44-20-15-34(66(78)79)28-46(44)67(80)81)47(70)62-42(26-32-13-18-36(69)19-14-32)50(73)63-43(27-33-29-58-38-8-4-3-7-37(33)38)51(74)60-39(21-24-82-2)48(71)61-40(53(76)77)9-5-22-57-54(55)56;3-2(4,5)1(6)7/h3-4,7-8,11-20,28-30,39-43,45,58,68-69H,5-6,9-10,21-27H2,1-2H3,(H,59,72)(H,60,74)(H,61,71)(H,62,70)(H,63,73)(H,64,75)(H,76,77)(H4,55,56,57);(H,6,7)/t30-,39-,40-,41-,42-,43-,45-;/m0./s1. The summed E-state index contributed by atoms with van der Waals surface area (Å²) in [4.78, 5) is 137. The molecule has 89 heavy (non-hydrogen) atoms. The summed E-state index contributed by atoms with van der Waals surface area (Å²) in [5.74, 6) is -9.11. The fourth-order valence-corrected chi connectivity index (χ4v) is 9.72. The Morgan fingerprint density at radius 3 is 1.80 bits per heavy atom. The Morgan fingerprint density at radius 1 is 0.719 bits per heavy atom. The second-order valence-corrected chi connectivity index (χ2v) is 21.2. The number of non-ortho nitro benzene ring substituents is 1. The maximum absolute atomic E-state index is 14.7. The molecule has 1 aromatic heterocycles. The molecule has 1 aliphatic heterocycles. The Morgan fingerprint density at radius 2 is 1.25 bits per heavy atom. The highest BCUT2D eigenvalue weighted by Crippen LogP contribution is 2.36. The molecule has 2 heterocycles. The molecule has 0 unspecified atom stereocenters. The monoisotopic (exact) mass is 1270 g/mol. The van der Waals surface area contributed by atoms with Gasteiger partial charge in [0, 0.05) is 55.5 Å². The number of aliphatic carboxylic acids is 2. The highest BCUT2D eigenvalue weighted by molar-refractivity contribution is 7.98. The van der Waals surface area contributed by atoms with Crippen molar-refractivity contribution in [2.24, 2.45) is 16.5 Å². The molecule has 0 saturated carbocycles. The van der Waals surface area contributed by atoms with E-state index >= 15 is 0 Å². The number of hydrogen-bond acceptors (Lipinski definition) is 17. The number of phenolic OH excluding ortho intramolecular Hbond substituents is 2. The molecule has 0 radical (unpaired) electrons. The van der Waals surface area contributed by atoms with Crippen molar-refractivity contribution in [2.75, 3.05) is 30.0 Å². The maximum atomic E-state index is 14.7. The minimum atomic E-state index is -5.08. The second-order valence-electron chi connectivity index (χ2n) is 20.3.